The summed E-state index contributed by atoms with van der Waals surface area (Å²) in [7, 11) is 0. The van der Waals surface area contributed by atoms with Crippen molar-refractivity contribution in [2.75, 3.05) is 6.61 Å². The zero-order valence-corrected chi connectivity index (χ0v) is 38.8. The smallest absolute Gasteiger partial charge is 0.338 e. The predicted octanol–water partition coefficient (Wildman–Crippen LogP) is 14.0. The van der Waals surface area contributed by atoms with E-state index in [1.165, 1.54) is 42.5 Å². The lowest BCUT2D eigenvalue weighted by Crippen LogP contribution is -2.07. The van der Waals surface area contributed by atoms with Crippen molar-refractivity contribution < 1.29 is 46.5 Å². The minimum absolute atomic E-state index is 0.134. The van der Waals surface area contributed by atoms with E-state index >= 15 is 0 Å². The first-order valence-electron chi connectivity index (χ1n) is 20.4. The number of aromatic nitrogens is 2. The molecule has 0 saturated heterocycles. The number of benzene rings is 6. The Morgan fingerprint density at radius 1 is 0.545 bits per heavy atom. The van der Waals surface area contributed by atoms with E-state index in [1.54, 1.807) is 61.5 Å². The van der Waals surface area contributed by atoms with Gasteiger partial charge in [-0.15, -0.1) is 0 Å². The molecule has 0 bridgehead atoms. The first-order valence-corrected chi connectivity index (χ1v) is 22.0. The van der Waals surface area contributed by atoms with Crippen LogP contribution in [0.3, 0.4) is 0 Å². The number of halogens is 6. The molecule has 0 amide bonds. The maximum absolute atomic E-state index is 14.1. The summed E-state index contributed by atoms with van der Waals surface area (Å²) in [6, 6.07) is 39.7. The fourth-order valence-electron chi connectivity index (χ4n) is 7.24. The van der Waals surface area contributed by atoms with E-state index in [-0.39, 0.29) is 36.5 Å². The number of hydrogen-bond acceptors (Lipinski definition) is 5. The molecule has 0 aliphatic rings. The zero-order valence-electron chi connectivity index (χ0n) is 35.6. The van der Waals surface area contributed by atoms with Gasteiger partial charge in [0.25, 0.3) is 0 Å². The second-order valence-electron chi connectivity index (χ2n) is 14.8. The Kier molecular flexibility index (Phi) is 14.9. The average Bonchev–Trinajstić information content (AvgIpc) is 3.88. The van der Waals surface area contributed by atoms with Gasteiger partial charge in [0.05, 0.1) is 40.2 Å². The zero-order chi connectivity index (χ0) is 47.1. The highest BCUT2D eigenvalue weighted by atomic mass is 79.9. The van der Waals surface area contributed by atoms with Crippen LogP contribution in [0.25, 0.3) is 33.9 Å². The van der Waals surface area contributed by atoms with Crippen LogP contribution in [0.4, 0.5) is 17.6 Å². The van der Waals surface area contributed by atoms with Crippen LogP contribution in [0.2, 0.25) is 0 Å². The molecule has 8 nitrogen and oxygen atoms in total. The minimum atomic E-state index is -1.02. The number of rotatable bonds is 13. The molecule has 0 spiro atoms. The van der Waals surface area contributed by atoms with Crippen molar-refractivity contribution in [1.82, 2.24) is 9.13 Å². The molecular weight excluding hydrogens is 984 g/mol. The number of carbonyl (C=O) groups is 2. The van der Waals surface area contributed by atoms with Gasteiger partial charge < -0.3 is 28.5 Å². The number of aryl methyl sites for hydroxylation is 2. The van der Waals surface area contributed by atoms with Gasteiger partial charge in [0.15, 0.2) is 0 Å². The van der Waals surface area contributed by atoms with E-state index in [9.17, 15) is 32.3 Å². The van der Waals surface area contributed by atoms with Crippen LogP contribution in [-0.4, -0.2) is 32.8 Å². The molecule has 0 unspecified atom stereocenters. The monoisotopic (exact) mass is 1020 g/mol. The quantitative estimate of drug-likeness (QED) is 0.0914. The maximum atomic E-state index is 14.1. The number of aromatic carboxylic acids is 1. The Morgan fingerprint density at radius 3 is 1.38 bits per heavy atom. The molecule has 0 radical (unpaired) electrons. The van der Waals surface area contributed by atoms with Gasteiger partial charge in [-0.25, -0.2) is 27.2 Å². The average molecular weight is 1020 g/mol. The number of hydrogen-bond donors (Lipinski definition) is 1. The van der Waals surface area contributed by atoms with E-state index in [0.717, 1.165) is 43.0 Å². The topological polar surface area (TPSA) is 91.9 Å². The van der Waals surface area contributed by atoms with Crippen LogP contribution in [0.5, 0.6) is 11.5 Å². The second-order valence-corrected chi connectivity index (χ2v) is 16.6. The van der Waals surface area contributed by atoms with Crippen molar-refractivity contribution in [3.05, 3.63) is 211 Å². The molecule has 6 aromatic carbocycles. The fourth-order valence-corrected chi connectivity index (χ4v) is 7.97. The summed E-state index contributed by atoms with van der Waals surface area (Å²) in [5.41, 5.74) is 6.54. The number of esters is 1. The molecule has 0 aliphatic heterocycles. The molecule has 0 aliphatic carbocycles. The van der Waals surface area contributed by atoms with Crippen molar-refractivity contribution in [2.24, 2.45) is 0 Å². The van der Waals surface area contributed by atoms with Crippen LogP contribution in [0.15, 0.2) is 155 Å². The van der Waals surface area contributed by atoms with Gasteiger partial charge in [0, 0.05) is 42.8 Å². The first-order chi connectivity index (χ1) is 31.7. The molecule has 0 fully saturated rings. The van der Waals surface area contributed by atoms with Crippen LogP contribution < -0.4 is 9.47 Å². The van der Waals surface area contributed by atoms with Crippen LogP contribution >= 0.6 is 31.9 Å². The van der Waals surface area contributed by atoms with Crippen LogP contribution in [-0.2, 0) is 18.0 Å². The van der Waals surface area contributed by atoms with Gasteiger partial charge >= 0.3 is 11.9 Å². The van der Waals surface area contributed by atoms with Gasteiger partial charge in [-0.2, -0.15) is 0 Å². The summed E-state index contributed by atoms with van der Waals surface area (Å²) in [5.74, 6) is -3.17. The van der Waals surface area contributed by atoms with Crippen molar-refractivity contribution in [1.29, 1.82) is 0 Å². The van der Waals surface area contributed by atoms with Crippen molar-refractivity contribution in [3.63, 3.8) is 0 Å². The fraction of sp³-hybridized carbons (Fsp3) is 0.115. The molecule has 1 N–H and O–H groups in total. The third-order valence-electron chi connectivity index (χ3n) is 10.4. The molecule has 66 heavy (non-hydrogen) atoms. The lowest BCUT2D eigenvalue weighted by atomic mass is 10.1. The summed E-state index contributed by atoms with van der Waals surface area (Å²) in [6.45, 7) is 5.38. The third-order valence-corrected chi connectivity index (χ3v) is 11.4. The molecule has 8 aromatic rings. The van der Waals surface area contributed by atoms with E-state index < -0.39 is 35.2 Å². The number of carboxylic acids is 1. The van der Waals surface area contributed by atoms with Gasteiger partial charge in [-0.3, -0.25) is 0 Å². The molecule has 2 aromatic heterocycles. The Morgan fingerprint density at radius 2 is 0.955 bits per heavy atom. The van der Waals surface area contributed by atoms with Crippen molar-refractivity contribution in [3.8, 4) is 45.4 Å². The lowest BCUT2D eigenvalue weighted by molar-refractivity contribution is 0.0525. The van der Waals surface area contributed by atoms with E-state index in [2.05, 4.69) is 31.9 Å². The molecule has 2 heterocycles. The van der Waals surface area contributed by atoms with Gasteiger partial charge in [0.2, 0.25) is 0 Å². The lowest BCUT2D eigenvalue weighted by Gasteiger charge is -2.17. The summed E-state index contributed by atoms with van der Waals surface area (Å²) >= 11 is 6.97. The van der Waals surface area contributed by atoms with E-state index in [1.807, 2.05) is 71.5 Å². The largest absolute Gasteiger partial charge is 0.488 e. The minimum Gasteiger partial charge on any atom is -0.488 e. The van der Waals surface area contributed by atoms with E-state index in [0.29, 0.717) is 28.3 Å². The van der Waals surface area contributed by atoms with E-state index in [4.69, 9.17) is 14.2 Å². The normalized spacial score (nSPS) is 10.9. The van der Waals surface area contributed by atoms with Crippen LogP contribution in [0.1, 0.15) is 50.2 Å². The van der Waals surface area contributed by atoms with Gasteiger partial charge in [-0.05, 0) is 142 Å². The summed E-state index contributed by atoms with van der Waals surface area (Å²) in [4.78, 5) is 23.7. The Bertz CT molecular complexity index is 3040. The number of ether oxygens (including phenoxy) is 3. The summed E-state index contributed by atoms with van der Waals surface area (Å²) in [5, 5.41) is 9.37. The SMILES string of the molecule is CCOC(=O)c1cccc(-n2c(C)ccc2-c2cc(Br)ccc2OCc2c(F)cccc2F)c1.Cc1ccc(-c2cc(Br)ccc2OCc2c(F)cccc2F)n1-c1cccc(C(=O)O)c1. The molecule has 8 rings (SSSR count). The summed E-state index contributed by atoms with van der Waals surface area (Å²) < 4.78 is 78.7. The highest BCUT2D eigenvalue weighted by Gasteiger charge is 2.20. The number of carboxylic acid groups (broad SMARTS) is 1. The number of nitrogens with zero attached hydrogens (tertiary/aromatic N) is 2. The molecular formula is C52H40Br2F4N2O6. The maximum Gasteiger partial charge on any atom is 0.338 e. The van der Waals surface area contributed by atoms with Crippen LogP contribution in [0, 0.1) is 37.1 Å². The first kappa shape index (κ1) is 47.1. The predicted molar refractivity (Wildman–Crippen MR) is 252 cm³/mol. The summed E-state index contributed by atoms with van der Waals surface area (Å²) in [6.07, 6.45) is 0. The Labute approximate surface area is 394 Å². The van der Waals surface area contributed by atoms with Crippen molar-refractivity contribution >= 4 is 43.8 Å². The Hall–Kier alpha value is -6.90. The highest BCUT2D eigenvalue weighted by molar-refractivity contribution is 9.10. The highest BCUT2D eigenvalue weighted by Crippen LogP contribution is 2.38. The number of carbonyl (C=O) groups excluding carboxylic acids is 1. The molecule has 0 saturated carbocycles. The molecule has 336 valence electrons. The molecule has 14 heteroatoms. The molecule has 0 atom stereocenters. The van der Waals surface area contributed by atoms with Gasteiger partial charge in [0.1, 0.15) is 48.0 Å². The third kappa shape index (κ3) is 10.6. The standard InChI is InChI=1S/C27H22BrF2NO3.C25H18BrF2NO3/c1-3-33-27(32)18-6-4-7-20(14-18)31-17(2)10-12-25(31)21-15-19(28)11-13-26(21)34-16-22-23(29)8-5-9-24(22)30;1-15-8-10-23(29(15)18-5-2-4-16(12-18)25(30)31)19-13-17(26)9-11-24(19)32-14-20-21(27)6-3-7-22(20)28/h4-15H,3,16H2,1-2H3;2-13H,14H2,1H3,(H,30,31). The van der Waals surface area contributed by atoms with Crippen molar-refractivity contribution in [2.45, 2.75) is 34.0 Å². The van der Waals surface area contributed by atoms with Gasteiger partial charge in [-0.1, -0.05) is 56.1 Å². The Balaban J connectivity index is 0.000000197. The second kappa shape index (κ2) is 20.9.